The van der Waals surface area contributed by atoms with Gasteiger partial charge < -0.3 is 4.74 Å². The van der Waals surface area contributed by atoms with Crippen LogP contribution in [0.3, 0.4) is 0 Å². The van der Waals surface area contributed by atoms with Gasteiger partial charge >= 0.3 is 0 Å². The molecule has 1 fully saturated rings. The molecule has 0 amide bonds. The topological polar surface area (TPSA) is 69.9 Å². The van der Waals surface area contributed by atoms with E-state index in [-0.39, 0.29) is 5.78 Å². The lowest BCUT2D eigenvalue weighted by atomic mass is 10.2. The van der Waals surface area contributed by atoms with Gasteiger partial charge in [0.2, 0.25) is 0 Å². The minimum Gasteiger partial charge on any atom is -0.454 e. The van der Waals surface area contributed by atoms with Crippen molar-refractivity contribution in [3.05, 3.63) is 40.6 Å². The fourth-order valence-corrected chi connectivity index (χ4v) is 3.10. The zero-order chi connectivity index (χ0) is 16.7. The summed E-state index contributed by atoms with van der Waals surface area (Å²) in [5, 5.41) is 8.51. The number of hydrogen-bond acceptors (Lipinski definition) is 5. The van der Waals surface area contributed by atoms with Gasteiger partial charge in [0.1, 0.15) is 17.0 Å². The van der Waals surface area contributed by atoms with Crippen LogP contribution in [0.15, 0.2) is 34.9 Å². The predicted molar refractivity (Wildman–Crippen MR) is 92.3 cm³/mol. The summed E-state index contributed by atoms with van der Waals surface area (Å²) in [5.41, 5.74) is 2.03. The average Bonchev–Trinajstić information content (AvgIpc) is 3.29. The predicted octanol–water partition coefficient (Wildman–Crippen LogP) is 3.99. The molecule has 6 nitrogen and oxygen atoms in total. The highest BCUT2D eigenvalue weighted by Crippen LogP contribution is 2.37. The maximum atomic E-state index is 11.7. The number of halogens is 1. The highest BCUT2D eigenvalue weighted by atomic mass is 79.9. The first-order valence-corrected chi connectivity index (χ1v) is 8.58. The van der Waals surface area contributed by atoms with Crippen LogP contribution in [0.1, 0.15) is 30.3 Å². The molecule has 4 rings (SSSR count). The third-order valence-corrected chi connectivity index (χ3v) is 4.81. The fourth-order valence-electron chi connectivity index (χ4n) is 2.60. The van der Waals surface area contributed by atoms with Crippen molar-refractivity contribution in [2.75, 3.05) is 0 Å². The Bertz CT molecular complexity index is 933. The number of nitrogens with zero attached hydrogens (tertiary/aromatic N) is 4. The summed E-state index contributed by atoms with van der Waals surface area (Å²) in [6.45, 7) is 2.37. The molecule has 1 aromatic carbocycles. The molecule has 0 spiro atoms. The van der Waals surface area contributed by atoms with Crippen LogP contribution in [0.5, 0.6) is 11.5 Å². The minimum atomic E-state index is -0.141. The van der Waals surface area contributed by atoms with Crippen LogP contribution >= 0.6 is 15.9 Å². The molecule has 122 valence electrons. The summed E-state index contributed by atoms with van der Waals surface area (Å²) in [6, 6.07) is 7.27. The molecular weight excluding hydrogens is 372 g/mol. The van der Waals surface area contributed by atoms with E-state index in [0.717, 1.165) is 28.0 Å². The van der Waals surface area contributed by atoms with Gasteiger partial charge in [0.25, 0.3) is 0 Å². The molecule has 1 aliphatic rings. The van der Waals surface area contributed by atoms with E-state index in [4.69, 9.17) is 4.74 Å². The van der Waals surface area contributed by atoms with Crippen molar-refractivity contribution in [1.82, 2.24) is 20.0 Å². The van der Waals surface area contributed by atoms with E-state index in [1.54, 1.807) is 18.3 Å². The number of hydrogen-bond donors (Lipinski definition) is 0. The van der Waals surface area contributed by atoms with Crippen LogP contribution in [0, 0.1) is 5.92 Å². The lowest BCUT2D eigenvalue weighted by Crippen LogP contribution is -2.02. The van der Waals surface area contributed by atoms with E-state index in [2.05, 4.69) is 31.2 Å². The fraction of sp³-hybridized carbons (Fsp3) is 0.294. The Hall–Kier alpha value is -2.28. The van der Waals surface area contributed by atoms with Crippen molar-refractivity contribution in [2.45, 2.75) is 26.3 Å². The summed E-state index contributed by atoms with van der Waals surface area (Å²) in [7, 11) is 0. The Morgan fingerprint density at radius 1 is 1.33 bits per heavy atom. The first-order chi connectivity index (χ1) is 11.6. The highest BCUT2D eigenvalue weighted by Gasteiger charge is 2.24. The number of rotatable bonds is 5. The van der Waals surface area contributed by atoms with Crippen LogP contribution < -0.4 is 4.74 Å². The maximum Gasteiger partial charge on any atom is 0.181 e. The molecule has 7 heteroatoms. The standard InChI is InChI=1S/C17H15BrN4O2/c1-10(23)16-14(3-2-8-19-16)24-13-7-6-12-17(15(13)18)20-21-22(12)9-11-4-5-11/h2-3,6-8,11H,4-5,9H2,1H3. The van der Waals surface area contributed by atoms with Gasteiger partial charge in [-0.3, -0.25) is 4.79 Å². The number of fused-ring (bicyclic) bond motifs is 1. The lowest BCUT2D eigenvalue weighted by Gasteiger charge is -2.10. The quantitative estimate of drug-likeness (QED) is 0.619. The van der Waals surface area contributed by atoms with Gasteiger partial charge in [-0.05, 0) is 59.0 Å². The molecule has 1 aliphatic carbocycles. The monoisotopic (exact) mass is 386 g/mol. The maximum absolute atomic E-state index is 11.7. The van der Waals surface area contributed by atoms with Gasteiger partial charge in [0.15, 0.2) is 11.5 Å². The second-order valence-corrected chi connectivity index (χ2v) is 6.76. The Morgan fingerprint density at radius 2 is 2.17 bits per heavy atom. The second-order valence-electron chi connectivity index (χ2n) is 5.97. The third-order valence-electron chi connectivity index (χ3n) is 4.04. The molecule has 3 aromatic rings. The lowest BCUT2D eigenvalue weighted by molar-refractivity contribution is 0.101. The summed E-state index contributed by atoms with van der Waals surface area (Å²) >= 11 is 3.55. The van der Waals surface area contributed by atoms with Crippen molar-refractivity contribution in [3.8, 4) is 11.5 Å². The second kappa shape index (κ2) is 5.98. The van der Waals surface area contributed by atoms with E-state index in [0.29, 0.717) is 17.2 Å². The van der Waals surface area contributed by atoms with Crippen LogP contribution in [-0.4, -0.2) is 25.8 Å². The van der Waals surface area contributed by atoms with E-state index in [1.165, 1.54) is 19.8 Å². The van der Waals surface area contributed by atoms with Gasteiger partial charge in [0, 0.05) is 19.7 Å². The number of aromatic nitrogens is 4. The summed E-state index contributed by atoms with van der Waals surface area (Å²) < 4.78 is 8.56. The summed E-state index contributed by atoms with van der Waals surface area (Å²) in [6.07, 6.45) is 4.10. The molecule has 2 aromatic heterocycles. The van der Waals surface area contributed by atoms with Crippen LogP contribution in [0.2, 0.25) is 0 Å². The van der Waals surface area contributed by atoms with Crippen molar-refractivity contribution in [2.24, 2.45) is 5.92 Å². The van der Waals surface area contributed by atoms with Crippen molar-refractivity contribution < 1.29 is 9.53 Å². The first-order valence-electron chi connectivity index (χ1n) is 7.79. The third kappa shape index (κ3) is 2.80. The SMILES string of the molecule is CC(=O)c1ncccc1Oc1ccc2c(nnn2CC2CC2)c1Br. The Labute approximate surface area is 147 Å². The summed E-state index contributed by atoms with van der Waals surface area (Å²) in [4.78, 5) is 15.8. The Morgan fingerprint density at radius 3 is 2.92 bits per heavy atom. The Kier molecular flexibility index (Phi) is 3.80. The van der Waals surface area contributed by atoms with E-state index in [1.807, 2.05) is 16.8 Å². The van der Waals surface area contributed by atoms with E-state index < -0.39 is 0 Å². The average molecular weight is 387 g/mol. The molecule has 1 saturated carbocycles. The minimum absolute atomic E-state index is 0.141. The molecule has 0 radical (unpaired) electrons. The molecule has 0 bridgehead atoms. The van der Waals surface area contributed by atoms with Crippen LogP contribution in [0.4, 0.5) is 0 Å². The molecule has 0 saturated heterocycles. The smallest absolute Gasteiger partial charge is 0.181 e. The molecule has 2 heterocycles. The normalized spacial score (nSPS) is 14.1. The molecule has 0 atom stereocenters. The number of Topliss-reactive ketones (excluding diaryl/α,β-unsaturated/α-hetero) is 1. The Balaban J connectivity index is 1.70. The number of pyridine rings is 1. The van der Waals surface area contributed by atoms with Gasteiger partial charge in [-0.15, -0.1) is 5.10 Å². The molecule has 0 aliphatic heterocycles. The summed E-state index contributed by atoms with van der Waals surface area (Å²) in [5.74, 6) is 1.59. The van der Waals surface area contributed by atoms with Gasteiger partial charge in [0.05, 0.1) is 9.99 Å². The van der Waals surface area contributed by atoms with Gasteiger partial charge in [-0.1, -0.05) is 5.21 Å². The van der Waals surface area contributed by atoms with E-state index in [9.17, 15) is 4.79 Å². The number of ketones is 1. The zero-order valence-corrected chi connectivity index (χ0v) is 14.7. The van der Waals surface area contributed by atoms with Crippen LogP contribution in [0.25, 0.3) is 11.0 Å². The highest BCUT2D eigenvalue weighted by molar-refractivity contribution is 9.10. The van der Waals surface area contributed by atoms with Gasteiger partial charge in [-0.2, -0.15) is 0 Å². The number of carbonyl (C=O) groups is 1. The molecule has 24 heavy (non-hydrogen) atoms. The zero-order valence-electron chi connectivity index (χ0n) is 13.1. The molecular formula is C17H15BrN4O2. The van der Waals surface area contributed by atoms with E-state index >= 15 is 0 Å². The largest absolute Gasteiger partial charge is 0.454 e. The number of ether oxygens (including phenoxy) is 1. The van der Waals surface area contributed by atoms with Crippen molar-refractivity contribution in [1.29, 1.82) is 0 Å². The number of carbonyl (C=O) groups excluding carboxylic acids is 1. The van der Waals surface area contributed by atoms with Crippen LogP contribution in [-0.2, 0) is 6.54 Å². The van der Waals surface area contributed by atoms with Crippen molar-refractivity contribution >= 4 is 32.7 Å². The van der Waals surface area contributed by atoms with Gasteiger partial charge in [-0.25, -0.2) is 9.67 Å². The first kappa shape index (κ1) is 15.3. The number of benzene rings is 1. The molecule has 0 N–H and O–H groups in total. The molecule has 0 unspecified atom stereocenters. The van der Waals surface area contributed by atoms with Crippen molar-refractivity contribution in [3.63, 3.8) is 0 Å².